The zero-order chi connectivity index (χ0) is 33.7. The van der Waals surface area contributed by atoms with E-state index in [9.17, 15) is 28.8 Å². The second-order valence-electron chi connectivity index (χ2n) is 13.6. The van der Waals surface area contributed by atoms with Gasteiger partial charge in [-0.25, -0.2) is 0 Å². The summed E-state index contributed by atoms with van der Waals surface area (Å²) in [5, 5.41) is 8.66. The highest BCUT2D eigenvalue weighted by atomic mass is 16.2. The van der Waals surface area contributed by atoms with Crippen molar-refractivity contribution < 1.29 is 28.8 Å². The Morgan fingerprint density at radius 1 is 0.660 bits per heavy atom. The summed E-state index contributed by atoms with van der Waals surface area (Å²) in [7, 11) is 0. The molecule has 1 aromatic rings. The minimum Gasteiger partial charge on any atom is -0.343 e. The van der Waals surface area contributed by atoms with Gasteiger partial charge in [-0.3, -0.25) is 28.8 Å². The highest BCUT2D eigenvalue weighted by molar-refractivity contribution is 5.98. The molecule has 0 aliphatic carbocycles. The fourth-order valence-corrected chi connectivity index (χ4v) is 7.45. The van der Waals surface area contributed by atoms with Gasteiger partial charge in [0.1, 0.15) is 36.3 Å². The van der Waals surface area contributed by atoms with Gasteiger partial charge in [0.2, 0.25) is 35.4 Å². The van der Waals surface area contributed by atoms with Crippen LogP contribution in [0.25, 0.3) is 0 Å². The molecule has 47 heavy (non-hydrogen) atoms. The smallest absolute Gasteiger partial charge is 0.246 e. The molecule has 4 fully saturated rings. The zero-order valence-corrected chi connectivity index (χ0v) is 27.9. The first-order valence-electron chi connectivity index (χ1n) is 17.5. The molecule has 1 aromatic carbocycles. The van der Waals surface area contributed by atoms with Gasteiger partial charge in [-0.15, -0.1) is 0 Å². The van der Waals surface area contributed by atoms with Crippen molar-refractivity contribution >= 4 is 35.4 Å². The standard InChI is InChI=1S/C35H50N6O6/c1-4-22(2)29-35(47)41-19-11-9-16-28(41)34(46)40-18-10-8-15-26(40)32(44)37-25(21-24-13-6-5-7-14-24)33(45)39-20-12-17-27(39)31(43)36-23(3)30(42)38-29/h5-7,13-14,22-23,25-29H,4,8-12,15-21H2,1-3H3,(H,36,43)(H,37,44)(H,38,42)/t22?,23-,25-,26+,27+,28-,29+/m1/s1. The van der Waals surface area contributed by atoms with E-state index in [1.807, 2.05) is 44.2 Å². The summed E-state index contributed by atoms with van der Waals surface area (Å²) in [5.74, 6) is -2.53. The maximum absolute atomic E-state index is 14.3. The lowest BCUT2D eigenvalue weighted by atomic mass is 9.92. The number of amides is 6. The van der Waals surface area contributed by atoms with Crippen molar-refractivity contribution in [2.24, 2.45) is 5.92 Å². The van der Waals surface area contributed by atoms with Crippen molar-refractivity contribution in [3.63, 3.8) is 0 Å². The fraction of sp³-hybridized carbons (Fsp3) is 0.657. The Balaban J connectivity index is 1.53. The molecular formula is C35H50N6O6. The topological polar surface area (TPSA) is 148 Å². The minimum atomic E-state index is -0.967. The normalized spacial score (nSPS) is 30.7. The molecule has 1 unspecified atom stereocenters. The van der Waals surface area contributed by atoms with Gasteiger partial charge in [0, 0.05) is 26.1 Å². The van der Waals surface area contributed by atoms with Crippen molar-refractivity contribution in [3.8, 4) is 0 Å². The van der Waals surface area contributed by atoms with Crippen molar-refractivity contribution in [3.05, 3.63) is 35.9 Å². The molecule has 6 amide bonds. The predicted octanol–water partition coefficient (Wildman–Crippen LogP) is 1.52. The summed E-state index contributed by atoms with van der Waals surface area (Å²) >= 11 is 0. The van der Waals surface area contributed by atoms with Gasteiger partial charge in [-0.1, -0.05) is 50.6 Å². The van der Waals surface area contributed by atoms with Gasteiger partial charge in [0.25, 0.3) is 0 Å². The van der Waals surface area contributed by atoms with Gasteiger partial charge in [0.05, 0.1) is 0 Å². The van der Waals surface area contributed by atoms with Gasteiger partial charge in [-0.2, -0.15) is 0 Å². The number of carbonyl (C=O) groups is 6. The van der Waals surface area contributed by atoms with Gasteiger partial charge >= 0.3 is 0 Å². The second kappa shape index (κ2) is 15.3. The summed E-state index contributed by atoms with van der Waals surface area (Å²) in [6, 6.07) is 4.23. The van der Waals surface area contributed by atoms with Crippen LogP contribution in [0.3, 0.4) is 0 Å². The Hall–Kier alpha value is -3.96. The van der Waals surface area contributed by atoms with Crippen molar-refractivity contribution in [1.82, 2.24) is 30.7 Å². The molecule has 4 aliphatic heterocycles. The Bertz CT molecular complexity index is 1340. The van der Waals surface area contributed by atoms with E-state index in [1.54, 1.807) is 16.7 Å². The van der Waals surface area contributed by atoms with E-state index < -0.39 is 54.0 Å². The highest BCUT2D eigenvalue weighted by Crippen LogP contribution is 2.27. The van der Waals surface area contributed by atoms with Crippen molar-refractivity contribution in [1.29, 1.82) is 0 Å². The summed E-state index contributed by atoms with van der Waals surface area (Å²) in [6.07, 6.45) is 5.75. The molecule has 5 rings (SSSR count). The SMILES string of the molecule is CCC(C)[C@@H]1NC(=O)[C@@H](C)NC(=O)[C@@H]2CCCN2C(=O)[C@@H](Cc2ccccc2)NC(=O)[C@@H]2CCCCN2C(=O)[C@H]2CCCCN2C1=O. The van der Waals surface area contributed by atoms with E-state index in [2.05, 4.69) is 16.0 Å². The van der Waals surface area contributed by atoms with Crippen LogP contribution < -0.4 is 16.0 Å². The summed E-state index contributed by atoms with van der Waals surface area (Å²) in [4.78, 5) is 88.6. The van der Waals surface area contributed by atoms with E-state index in [4.69, 9.17) is 0 Å². The number of benzene rings is 1. The lowest BCUT2D eigenvalue weighted by molar-refractivity contribution is -0.155. The Morgan fingerprint density at radius 3 is 1.87 bits per heavy atom. The van der Waals surface area contributed by atoms with E-state index in [1.165, 1.54) is 4.90 Å². The summed E-state index contributed by atoms with van der Waals surface area (Å²) < 4.78 is 0. The second-order valence-corrected chi connectivity index (χ2v) is 13.6. The minimum absolute atomic E-state index is 0.220. The third kappa shape index (κ3) is 7.62. The maximum atomic E-state index is 14.3. The molecule has 0 bridgehead atoms. The van der Waals surface area contributed by atoms with Crippen molar-refractivity contribution in [2.75, 3.05) is 19.6 Å². The molecule has 4 aliphatic rings. The van der Waals surface area contributed by atoms with Crippen LogP contribution in [0.15, 0.2) is 30.3 Å². The van der Waals surface area contributed by atoms with Crippen LogP contribution in [-0.2, 0) is 35.2 Å². The molecule has 0 radical (unpaired) electrons. The number of hydrogen-bond acceptors (Lipinski definition) is 6. The molecule has 256 valence electrons. The quantitative estimate of drug-likeness (QED) is 0.450. The molecule has 12 heteroatoms. The Labute approximate surface area is 277 Å². The lowest BCUT2D eigenvalue weighted by Crippen LogP contribution is -2.64. The summed E-state index contributed by atoms with van der Waals surface area (Å²) in [6.45, 7) is 6.48. The van der Waals surface area contributed by atoms with E-state index in [0.717, 1.165) is 31.2 Å². The van der Waals surface area contributed by atoms with Crippen molar-refractivity contribution in [2.45, 2.75) is 121 Å². The predicted molar refractivity (Wildman–Crippen MR) is 175 cm³/mol. The number of rotatable bonds is 4. The molecule has 0 saturated carbocycles. The third-order valence-electron chi connectivity index (χ3n) is 10.4. The Kier molecular flexibility index (Phi) is 11.2. The van der Waals surface area contributed by atoms with Gasteiger partial charge in [0.15, 0.2) is 0 Å². The van der Waals surface area contributed by atoms with E-state index in [0.29, 0.717) is 51.7 Å². The number of carbonyl (C=O) groups excluding carboxylic acids is 6. The molecule has 0 spiro atoms. The molecule has 4 saturated heterocycles. The first-order chi connectivity index (χ1) is 22.6. The molecule has 7 atom stereocenters. The van der Waals surface area contributed by atoms with Crippen LogP contribution in [0.4, 0.5) is 0 Å². The van der Waals surface area contributed by atoms with Crippen LogP contribution in [0.5, 0.6) is 0 Å². The van der Waals surface area contributed by atoms with Crippen LogP contribution in [0.2, 0.25) is 0 Å². The number of fused-ring (bicyclic) bond motifs is 3. The summed E-state index contributed by atoms with van der Waals surface area (Å²) in [5.41, 5.74) is 0.850. The number of nitrogens with zero attached hydrogens (tertiary/aromatic N) is 3. The molecular weight excluding hydrogens is 600 g/mol. The number of nitrogens with one attached hydrogen (secondary N) is 3. The lowest BCUT2D eigenvalue weighted by Gasteiger charge is -2.43. The largest absolute Gasteiger partial charge is 0.343 e. The monoisotopic (exact) mass is 650 g/mol. The van der Waals surface area contributed by atoms with Gasteiger partial charge < -0.3 is 30.7 Å². The average molecular weight is 651 g/mol. The Morgan fingerprint density at radius 2 is 1.21 bits per heavy atom. The van der Waals surface area contributed by atoms with Crippen LogP contribution >= 0.6 is 0 Å². The molecule has 12 nitrogen and oxygen atoms in total. The van der Waals surface area contributed by atoms with E-state index >= 15 is 0 Å². The first kappa shape index (κ1) is 34.4. The number of piperidine rings is 2. The zero-order valence-electron chi connectivity index (χ0n) is 27.9. The fourth-order valence-electron chi connectivity index (χ4n) is 7.45. The highest BCUT2D eigenvalue weighted by Gasteiger charge is 2.44. The van der Waals surface area contributed by atoms with E-state index in [-0.39, 0.29) is 30.1 Å². The molecule has 4 heterocycles. The average Bonchev–Trinajstić information content (AvgIpc) is 3.59. The molecule has 0 aromatic heterocycles. The van der Waals surface area contributed by atoms with Crippen LogP contribution in [0, 0.1) is 5.92 Å². The maximum Gasteiger partial charge on any atom is 0.246 e. The van der Waals surface area contributed by atoms with Crippen LogP contribution in [0.1, 0.15) is 84.1 Å². The first-order valence-corrected chi connectivity index (χ1v) is 17.5. The van der Waals surface area contributed by atoms with Gasteiger partial charge in [-0.05, 0) is 69.8 Å². The number of hydrogen-bond donors (Lipinski definition) is 3. The third-order valence-corrected chi connectivity index (χ3v) is 10.4. The van der Waals surface area contributed by atoms with Crippen LogP contribution in [-0.4, -0.2) is 106 Å². The molecule has 3 N–H and O–H groups in total.